The van der Waals surface area contributed by atoms with E-state index in [0.29, 0.717) is 23.6 Å². The molecule has 31 heavy (non-hydrogen) atoms. The Morgan fingerprint density at radius 3 is 2.48 bits per heavy atom. The Bertz CT molecular complexity index is 1040. The largest absolute Gasteiger partial charge is 0.443 e. The third-order valence-electron chi connectivity index (χ3n) is 4.88. The highest BCUT2D eigenvalue weighted by Crippen LogP contribution is 2.44. The molecule has 0 radical (unpaired) electrons. The van der Waals surface area contributed by atoms with Crippen molar-refractivity contribution < 1.29 is 18.3 Å². The van der Waals surface area contributed by atoms with E-state index in [4.69, 9.17) is 33.7 Å². The summed E-state index contributed by atoms with van der Waals surface area (Å²) in [5.74, 6) is -1.97. The Morgan fingerprint density at radius 2 is 1.87 bits per heavy atom. The molecule has 1 atom stereocenters. The summed E-state index contributed by atoms with van der Waals surface area (Å²) < 4.78 is 34.5. The van der Waals surface area contributed by atoms with Gasteiger partial charge in [-0.2, -0.15) is 5.01 Å². The van der Waals surface area contributed by atoms with Gasteiger partial charge in [-0.05, 0) is 43.3 Å². The number of nitrogens with two attached hydrogens (primary N) is 1. The molecular formula is C22H23Cl2F2N3O2. The minimum Gasteiger partial charge on any atom is -0.443 e. The lowest BCUT2D eigenvalue weighted by Gasteiger charge is -2.38. The van der Waals surface area contributed by atoms with Crippen molar-refractivity contribution in [2.45, 2.75) is 39.3 Å². The highest BCUT2D eigenvalue weighted by Gasteiger charge is 2.52. The zero-order valence-electron chi connectivity index (χ0n) is 17.4. The van der Waals surface area contributed by atoms with Crippen LogP contribution in [0.3, 0.4) is 0 Å². The van der Waals surface area contributed by atoms with Crippen LogP contribution in [0, 0.1) is 17.0 Å². The summed E-state index contributed by atoms with van der Waals surface area (Å²) in [6.45, 7) is 5.50. The van der Waals surface area contributed by atoms with Gasteiger partial charge in [-0.3, -0.25) is 4.79 Å². The molecule has 1 amide bonds. The first-order chi connectivity index (χ1) is 14.5. The van der Waals surface area contributed by atoms with Gasteiger partial charge >= 0.3 is 0 Å². The average molecular weight is 470 g/mol. The number of carbonyl (C=O) groups is 1. The minimum absolute atomic E-state index is 0.193. The Kier molecular flexibility index (Phi) is 6.60. The zero-order valence-corrected chi connectivity index (χ0v) is 18.9. The van der Waals surface area contributed by atoms with Gasteiger partial charge in [0.25, 0.3) is 5.91 Å². The standard InChI is InChI=1S/C22H23Cl2F2N3O2/c1-21(2,3)20(30)29-22(9-4-10-27,13-5-7-16(23)17(24)11-13)31-19(28-29)15-12-14(25)6-8-18(15)26/h5-8,11-12H,4,9-10,27H2,1-3H3. The number of hydrazone groups is 1. The van der Waals surface area contributed by atoms with Crippen molar-refractivity contribution in [1.29, 1.82) is 0 Å². The first-order valence-electron chi connectivity index (χ1n) is 9.73. The van der Waals surface area contributed by atoms with Gasteiger partial charge < -0.3 is 10.5 Å². The van der Waals surface area contributed by atoms with E-state index < -0.39 is 22.8 Å². The Morgan fingerprint density at radius 1 is 1.16 bits per heavy atom. The van der Waals surface area contributed by atoms with Crippen molar-refractivity contribution in [3.63, 3.8) is 0 Å². The summed E-state index contributed by atoms with van der Waals surface area (Å²) >= 11 is 12.3. The maximum absolute atomic E-state index is 14.5. The van der Waals surface area contributed by atoms with Gasteiger partial charge in [0.1, 0.15) is 11.6 Å². The predicted molar refractivity (Wildman–Crippen MR) is 117 cm³/mol. The van der Waals surface area contributed by atoms with E-state index in [1.807, 2.05) is 0 Å². The van der Waals surface area contributed by atoms with Crippen molar-refractivity contribution in [3.05, 3.63) is 69.2 Å². The van der Waals surface area contributed by atoms with Crippen LogP contribution in [0.5, 0.6) is 0 Å². The van der Waals surface area contributed by atoms with Crippen LogP contribution in [0.15, 0.2) is 41.5 Å². The van der Waals surface area contributed by atoms with Gasteiger partial charge in [0.15, 0.2) is 0 Å². The van der Waals surface area contributed by atoms with Crippen LogP contribution in [-0.2, 0) is 15.3 Å². The lowest BCUT2D eigenvalue weighted by atomic mass is 9.91. The predicted octanol–water partition coefficient (Wildman–Crippen LogP) is 5.43. The summed E-state index contributed by atoms with van der Waals surface area (Å²) in [4.78, 5) is 13.4. The Labute approximate surface area is 189 Å². The lowest BCUT2D eigenvalue weighted by Crippen LogP contribution is -2.49. The smallest absolute Gasteiger partial charge is 0.251 e. The van der Waals surface area contributed by atoms with Gasteiger partial charge in [-0.15, -0.1) is 5.10 Å². The summed E-state index contributed by atoms with van der Waals surface area (Å²) in [6.07, 6.45) is 0.704. The molecule has 1 aliphatic heterocycles. The number of rotatable bonds is 5. The first kappa shape index (κ1) is 23.4. The quantitative estimate of drug-likeness (QED) is 0.634. The van der Waals surface area contributed by atoms with E-state index in [9.17, 15) is 13.6 Å². The fourth-order valence-electron chi connectivity index (χ4n) is 3.26. The number of carbonyl (C=O) groups excluding carboxylic acids is 1. The second-order valence-corrected chi connectivity index (χ2v) is 9.12. The summed E-state index contributed by atoms with van der Waals surface area (Å²) in [6, 6.07) is 7.76. The maximum atomic E-state index is 14.5. The monoisotopic (exact) mass is 469 g/mol. The fraction of sp³-hybridized carbons (Fsp3) is 0.364. The molecule has 5 nitrogen and oxygen atoms in total. The SMILES string of the molecule is CC(C)(C)C(=O)N1N=C(c2cc(F)ccc2F)OC1(CCCN)c1ccc(Cl)c(Cl)c1. The molecule has 1 aliphatic rings. The van der Waals surface area contributed by atoms with Crippen LogP contribution in [0.2, 0.25) is 10.0 Å². The fourth-order valence-corrected chi connectivity index (χ4v) is 3.55. The van der Waals surface area contributed by atoms with Gasteiger partial charge in [0.2, 0.25) is 11.6 Å². The van der Waals surface area contributed by atoms with Crippen molar-refractivity contribution in [2.24, 2.45) is 16.3 Å². The molecule has 166 valence electrons. The van der Waals surface area contributed by atoms with Crippen LogP contribution in [0.4, 0.5) is 8.78 Å². The van der Waals surface area contributed by atoms with Gasteiger partial charge in [0, 0.05) is 17.4 Å². The van der Waals surface area contributed by atoms with Gasteiger partial charge in [0.05, 0.1) is 15.6 Å². The molecule has 0 bridgehead atoms. The Balaban J connectivity index is 2.22. The number of nitrogens with zero attached hydrogens (tertiary/aromatic N) is 2. The summed E-state index contributed by atoms with van der Waals surface area (Å²) in [5.41, 5.74) is 3.75. The number of hydrogen-bond donors (Lipinski definition) is 1. The first-order valence-corrected chi connectivity index (χ1v) is 10.5. The highest BCUT2D eigenvalue weighted by molar-refractivity contribution is 6.42. The molecule has 0 aliphatic carbocycles. The van der Waals surface area contributed by atoms with Crippen LogP contribution >= 0.6 is 23.2 Å². The molecule has 0 fully saturated rings. The molecule has 9 heteroatoms. The van der Waals surface area contributed by atoms with Crippen molar-refractivity contribution in [2.75, 3.05) is 6.54 Å². The van der Waals surface area contributed by atoms with Crippen LogP contribution < -0.4 is 5.73 Å². The van der Waals surface area contributed by atoms with Gasteiger partial charge in [-0.25, -0.2) is 8.78 Å². The zero-order chi connectivity index (χ0) is 23.0. The molecule has 1 heterocycles. The number of hydrogen-bond acceptors (Lipinski definition) is 4. The summed E-state index contributed by atoms with van der Waals surface area (Å²) in [5, 5.41) is 6.07. The van der Waals surface area contributed by atoms with Crippen molar-refractivity contribution >= 4 is 35.0 Å². The number of halogens is 4. The second kappa shape index (κ2) is 8.73. The molecular weight excluding hydrogens is 447 g/mol. The number of benzene rings is 2. The van der Waals surface area contributed by atoms with E-state index in [-0.39, 0.29) is 28.8 Å². The van der Waals surface area contributed by atoms with Crippen LogP contribution in [0.25, 0.3) is 0 Å². The van der Waals surface area contributed by atoms with Crippen molar-refractivity contribution in [3.8, 4) is 0 Å². The maximum Gasteiger partial charge on any atom is 0.251 e. The van der Waals surface area contributed by atoms with Crippen LogP contribution in [0.1, 0.15) is 44.7 Å². The average Bonchev–Trinajstić information content (AvgIpc) is 3.09. The van der Waals surface area contributed by atoms with E-state index >= 15 is 0 Å². The van der Waals surface area contributed by atoms with E-state index in [1.54, 1.807) is 39.0 Å². The molecule has 0 aromatic heterocycles. The normalized spacial score (nSPS) is 18.7. The molecule has 0 saturated carbocycles. The van der Waals surface area contributed by atoms with Gasteiger partial charge in [-0.1, -0.05) is 50.0 Å². The molecule has 2 N–H and O–H groups in total. The highest BCUT2D eigenvalue weighted by atomic mass is 35.5. The van der Waals surface area contributed by atoms with E-state index in [1.165, 1.54) is 5.01 Å². The third-order valence-corrected chi connectivity index (χ3v) is 5.62. The van der Waals surface area contributed by atoms with Crippen LogP contribution in [-0.4, -0.2) is 23.4 Å². The number of amides is 1. The molecule has 2 aromatic rings. The topological polar surface area (TPSA) is 67.9 Å². The summed E-state index contributed by atoms with van der Waals surface area (Å²) in [7, 11) is 0. The van der Waals surface area contributed by atoms with E-state index in [0.717, 1.165) is 18.2 Å². The van der Waals surface area contributed by atoms with E-state index in [2.05, 4.69) is 5.10 Å². The molecule has 0 saturated heterocycles. The molecule has 3 rings (SSSR count). The lowest BCUT2D eigenvalue weighted by molar-refractivity contribution is -0.161. The third kappa shape index (κ3) is 4.54. The number of ether oxygens (including phenoxy) is 1. The Hall–Kier alpha value is -2.22. The molecule has 0 spiro atoms. The molecule has 2 aromatic carbocycles. The second-order valence-electron chi connectivity index (χ2n) is 8.30. The minimum atomic E-state index is -1.45. The van der Waals surface area contributed by atoms with Crippen molar-refractivity contribution in [1.82, 2.24) is 5.01 Å². The molecule has 1 unspecified atom stereocenters.